The van der Waals surface area contributed by atoms with Gasteiger partial charge in [0.2, 0.25) is 0 Å². The lowest BCUT2D eigenvalue weighted by molar-refractivity contribution is -0.143. The standard InChI is InChI=1S/C22H24O3/c1-3-5-21(15-22(24)25-4-2)20-12-10-18(11-13-20)14-17-6-8-19(16-23)9-7-17/h6-13,21,23H,4,14-16H2,1-2H3. The number of carbonyl (C=O) groups is 1. The Labute approximate surface area is 149 Å². The molecule has 0 aliphatic rings. The molecule has 0 saturated carbocycles. The molecule has 0 bridgehead atoms. The van der Waals surface area contributed by atoms with E-state index >= 15 is 0 Å². The van der Waals surface area contributed by atoms with Gasteiger partial charge in [0.15, 0.2) is 0 Å². The predicted molar refractivity (Wildman–Crippen MR) is 99.1 cm³/mol. The van der Waals surface area contributed by atoms with E-state index in [1.165, 1.54) is 11.1 Å². The summed E-state index contributed by atoms with van der Waals surface area (Å²) in [4.78, 5) is 11.8. The van der Waals surface area contributed by atoms with Crippen molar-refractivity contribution in [2.75, 3.05) is 6.61 Å². The summed E-state index contributed by atoms with van der Waals surface area (Å²) in [5, 5.41) is 9.10. The molecule has 0 amide bonds. The highest BCUT2D eigenvalue weighted by Crippen LogP contribution is 2.21. The van der Waals surface area contributed by atoms with E-state index in [1.807, 2.05) is 36.4 Å². The number of esters is 1. The van der Waals surface area contributed by atoms with E-state index in [0.29, 0.717) is 6.61 Å². The van der Waals surface area contributed by atoms with Gasteiger partial charge in [0.25, 0.3) is 0 Å². The molecule has 2 aromatic rings. The Balaban J connectivity index is 2.07. The van der Waals surface area contributed by atoms with Crippen molar-refractivity contribution in [3.8, 4) is 11.8 Å². The first kappa shape index (κ1) is 18.8. The summed E-state index contributed by atoms with van der Waals surface area (Å²) < 4.78 is 5.04. The molecule has 3 nitrogen and oxygen atoms in total. The molecule has 0 saturated heterocycles. The molecule has 1 N–H and O–H groups in total. The van der Waals surface area contributed by atoms with Crippen molar-refractivity contribution < 1.29 is 14.6 Å². The fourth-order valence-electron chi connectivity index (χ4n) is 2.68. The Hall–Kier alpha value is -2.57. The molecular weight excluding hydrogens is 312 g/mol. The molecule has 3 heteroatoms. The van der Waals surface area contributed by atoms with Gasteiger partial charge in [0.05, 0.1) is 25.6 Å². The highest BCUT2D eigenvalue weighted by molar-refractivity contribution is 5.71. The van der Waals surface area contributed by atoms with E-state index in [-0.39, 0.29) is 24.9 Å². The average molecular weight is 336 g/mol. The van der Waals surface area contributed by atoms with Crippen LogP contribution in [0.2, 0.25) is 0 Å². The minimum absolute atomic E-state index is 0.0648. The van der Waals surface area contributed by atoms with Crippen molar-refractivity contribution in [3.63, 3.8) is 0 Å². The lowest BCUT2D eigenvalue weighted by Gasteiger charge is -2.11. The maximum atomic E-state index is 11.8. The normalized spacial score (nSPS) is 11.3. The second kappa shape index (κ2) is 9.66. The maximum Gasteiger partial charge on any atom is 0.307 e. The summed E-state index contributed by atoms with van der Waals surface area (Å²) in [5.74, 6) is 5.64. The van der Waals surface area contributed by atoms with Crippen LogP contribution in [0.15, 0.2) is 48.5 Å². The molecule has 0 heterocycles. The molecule has 0 aliphatic heterocycles. The number of hydrogen-bond acceptors (Lipinski definition) is 3. The second-order valence-corrected chi connectivity index (χ2v) is 5.85. The molecule has 0 aromatic heterocycles. The minimum atomic E-state index is -0.219. The Morgan fingerprint density at radius 2 is 1.60 bits per heavy atom. The number of aliphatic hydroxyl groups is 1. The van der Waals surface area contributed by atoms with E-state index in [1.54, 1.807) is 13.8 Å². The van der Waals surface area contributed by atoms with Crippen molar-refractivity contribution in [1.82, 2.24) is 0 Å². The van der Waals surface area contributed by atoms with Crippen LogP contribution in [0, 0.1) is 11.8 Å². The van der Waals surface area contributed by atoms with Gasteiger partial charge in [-0.1, -0.05) is 54.5 Å². The number of carbonyl (C=O) groups excluding carboxylic acids is 1. The molecule has 2 rings (SSSR count). The topological polar surface area (TPSA) is 46.5 Å². The third kappa shape index (κ3) is 5.77. The number of rotatable bonds is 7. The van der Waals surface area contributed by atoms with Crippen molar-refractivity contribution in [2.24, 2.45) is 0 Å². The zero-order chi connectivity index (χ0) is 18.1. The first-order chi connectivity index (χ1) is 12.2. The summed E-state index contributed by atoms with van der Waals surface area (Å²) in [6.45, 7) is 4.04. The molecule has 0 radical (unpaired) electrons. The molecule has 1 unspecified atom stereocenters. The molecule has 130 valence electrons. The average Bonchev–Trinajstić information content (AvgIpc) is 2.63. The van der Waals surface area contributed by atoms with Gasteiger partial charge in [0.1, 0.15) is 0 Å². The smallest absolute Gasteiger partial charge is 0.307 e. The van der Waals surface area contributed by atoms with E-state index < -0.39 is 0 Å². The first-order valence-electron chi connectivity index (χ1n) is 8.51. The summed E-state index contributed by atoms with van der Waals surface area (Å²) in [6.07, 6.45) is 1.10. The number of aliphatic hydroxyl groups excluding tert-OH is 1. The molecule has 0 aliphatic carbocycles. The molecule has 1 atom stereocenters. The number of benzene rings is 2. The largest absolute Gasteiger partial charge is 0.466 e. The minimum Gasteiger partial charge on any atom is -0.466 e. The van der Waals surface area contributed by atoms with Crippen LogP contribution >= 0.6 is 0 Å². The number of ether oxygens (including phenoxy) is 1. The third-order valence-electron chi connectivity index (χ3n) is 3.99. The Kier molecular flexibility index (Phi) is 7.25. The summed E-state index contributed by atoms with van der Waals surface area (Å²) in [7, 11) is 0. The van der Waals surface area contributed by atoms with Crippen molar-refractivity contribution in [3.05, 3.63) is 70.8 Å². The summed E-state index contributed by atoms with van der Waals surface area (Å²) in [6, 6.07) is 16.2. The Morgan fingerprint density at radius 3 is 2.12 bits per heavy atom. The van der Waals surface area contributed by atoms with Gasteiger partial charge >= 0.3 is 5.97 Å². The summed E-state index contributed by atoms with van der Waals surface area (Å²) in [5.41, 5.74) is 4.34. The predicted octanol–water partition coefficient (Wildman–Crippen LogP) is 3.83. The van der Waals surface area contributed by atoms with Gasteiger partial charge in [-0.15, -0.1) is 5.92 Å². The monoisotopic (exact) mass is 336 g/mol. The zero-order valence-corrected chi connectivity index (χ0v) is 14.8. The maximum absolute atomic E-state index is 11.8. The van der Waals surface area contributed by atoms with Gasteiger partial charge in [-0.3, -0.25) is 4.79 Å². The van der Waals surface area contributed by atoms with Gasteiger partial charge in [-0.2, -0.15) is 0 Å². The second-order valence-electron chi connectivity index (χ2n) is 5.85. The summed E-state index contributed by atoms with van der Waals surface area (Å²) >= 11 is 0. The zero-order valence-electron chi connectivity index (χ0n) is 14.8. The Morgan fingerprint density at radius 1 is 1.04 bits per heavy atom. The third-order valence-corrected chi connectivity index (χ3v) is 3.99. The molecule has 25 heavy (non-hydrogen) atoms. The molecule has 2 aromatic carbocycles. The van der Waals surface area contributed by atoms with E-state index in [2.05, 4.69) is 24.0 Å². The van der Waals surface area contributed by atoms with Crippen molar-refractivity contribution in [1.29, 1.82) is 0 Å². The van der Waals surface area contributed by atoms with Crippen LogP contribution in [-0.4, -0.2) is 17.7 Å². The molecular formula is C22H24O3. The van der Waals surface area contributed by atoms with E-state index in [9.17, 15) is 4.79 Å². The van der Waals surface area contributed by atoms with E-state index in [0.717, 1.165) is 17.5 Å². The van der Waals surface area contributed by atoms with E-state index in [4.69, 9.17) is 9.84 Å². The molecule has 0 fully saturated rings. The quantitative estimate of drug-likeness (QED) is 0.617. The fraction of sp³-hybridized carbons (Fsp3) is 0.318. The highest BCUT2D eigenvalue weighted by atomic mass is 16.5. The van der Waals surface area contributed by atoms with Crippen molar-refractivity contribution >= 4 is 5.97 Å². The molecule has 0 spiro atoms. The van der Waals surface area contributed by atoms with Crippen LogP contribution in [0.1, 0.15) is 48.4 Å². The SMILES string of the molecule is CC#CC(CC(=O)OCC)c1ccc(Cc2ccc(CO)cc2)cc1. The number of hydrogen-bond donors (Lipinski definition) is 1. The van der Waals surface area contributed by atoms with Crippen LogP contribution in [0.4, 0.5) is 0 Å². The van der Waals surface area contributed by atoms with Crippen LogP contribution in [0.5, 0.6) is 0 Å². The fourth-order valence-corrected chi connectivity index (χ4v) is 2.68. The first-order valence-corrected chi connectivity index (χ1v) is 8.51. The van der Waals surface area contributed by atoms with Gasteiger partial charge < -0.3 is 9.84 Å². The van der Waals surface area contributed by atoms with Crippen LogP contribution < -0.4 is 0 Å². The van der Waals surface area contributed by atoms with Crippen LogP contribution in [0.25, 0.3) is 0 Å². The lowest BCUT2D eigenvalue weighted by atomic mass is 9.94. The van der Waals surface area contributed by atoms with Crippen molar-refractivity contribution in [2.45, 2.75) is 39.2 Å². The van der Waals surface area contributed by atoms with Crippen LogP contribution in [0.3, 0.4) is 0 Å². The van der Waals surface area contributed by atoms with Gasteiger partial charge in [0, 0.05) is 0 Å². The Bertz CT molecular complexity index is 734. The van der Waals surface area contributed by atoms with Gasteiger partial charge in [-0.05, 0) is 42.5 Å². The van der Waals surface area contributed by atoms with Gasteiger partial charge in [-0.25, -0.2) is 0 Å². The highest BCUT2D eigenvalue weighted by Gasteiger charge is 2.14. The lowest BCUT2D eigenvalue weighted by Crippen LogP contribution is -2.09. The van der Waals surface area contributed by atoms with Crippen LogP contribution in [-0.2, 0) is 22.6 Å².